The number of carbonyl (C=O) groups is 1. The fourth-order valence-electron chi connectivity index (χ4n) is 3.17. The molecule has 6 heteroatoms. The number of hydrogen-bond acceptors (Lipinski definition) is 5. The highest BCUT2D eigenvalue weighted by Crippen LogP contribution is 2.20. The monoisotopic (exact) mass is 364 g/mol. The summed E-state index contributed by atoms with van der Waals surface area (Å²) in [4.78, 5) is 14.5. The number of nitrogens with zero attached hydrogens (tertiary/aromatic N) is 1. The van der Waals surface area contributed by atoms with Gasteiger partial charge in [-0.2, -0.15) is 0 Å². The minimum atomic E-state index is -0.130. The van der Waals surface area contributed by atoms with Crippen molar-refractivity contribution in [3.63, 3.8) is 0 Å². The molecule has 1 aromatic rings. The Bertz CT molecular complexity index is 581. The van der Waals surface area contributed by atoms with E-state index in [1.807, 2.05) is 24.3 Å². The number of methoxy groups -OCH3 is 1. The minimum Gasteiger partial charge on any atom is -0.497 e. The number of carbonyl (C=O) groups excluding carboxylic acids is 1. The fraction of sp³-hybridized carbons (Fsp3) is 0.650. The van der Waals surface area contributed by atoms with E-state index in [9.17, 15) is 4.79 Å². The molecule has 0 saturated carbocycles. The Labute approximate surface area is 156 Å². The molecule has 1 aromatic carbocycles. The molecule has 26 heavy (non-hydrogen) atoms. The van der Waals surface area contributed by atoms with Gasteiger partial charge in [0.2, 0.25) is 5.91 Å². The highest BCUT2D eigenvalue weighted by molar-refractivity contribution is 5.77. The zero-order chi connectivity index (χ0) is 19.2. The van der Waals surface area contributed by atoms with Gasteiger partial charge in [0, 0.05) is 25.2 Å². The van der Waals surface area contributed by atoms with E-state index in [-0.39, 0.29) is 30.3 Å². The molecule has 2 rings (SSSR count). The first-order chi connectivity index (χ1) is 12.3. The van der Waals surface area contributed by atoms with Crippen molar-refractivity contribution in [2.45, 2.75) is 52.0 Å². The Hall–Kier alpha value is -1.63. The number of benzene rings is 1. The first-order valence-electron chi connectivity index (χ1n) is 9.18. The van der Waals surface area contributed by atoms with Gasteiger partial charge in [-0.05, 0) is 45.4 Å². The lowest BCUT2D eigenvalue weighted by Gasteiger charge is -2.45. The molecular weight excluding hydrogens is 332 g/mol. The molecule has 1 fully saturated rings. The predicted octanol–water partition coefficient (Wildman–Crippen LogP) is 2.22. The average molecular weight is 364 g/mol. The lowest BCUT2D eigenvalue weighted by Crippen LogP contribution is -2.58. The molecular formula is C20H32N2O4. The molecule has 1 heterocycles. The summed E-state index contributed by atoms with van der Waals surface area (Å²) in [6, 6.07) is 7.64. The molecule has 1 aliphatic heterocycles. The Kier molecular flexibility index (Phi) is 7.43. The van der Waals surface area contributed by atoms with Gasteiger partial charge in [-0.15, -0.1) is 0 Å². The second-order valence-corrected chi connectivity index (χ2v) is 7.60. The van der Waals surface area contributed by atoms with Crippen LogP contribution in [-0.2, 0) is 20.9 Å². The third-order valence-electron chi connectivity index (χ3n) is 4.63. The molecule has 1 amide bonds. The maximum absolute atomic E-state index is 12.1. The maximum atomic E-state index is 12.1. The molecule has 6 nitrogen and oxygen atoms in total. The van der Waals surface area contributed by atoms with Crippen LogP contribution < -0.4 is 10.1 Å². The summed E-state index contributed by atoms with van der Waals surface area (Å²) >= 11 is 0. The van der Waals surface area contributed by atoms with Crippen molar-refractivity contribution in [1.82, 2.24) is 10.2 Å². The summed E-state index contributed by atoms with van der Waals surface area (Å²) in [7, 11) is 1.63. The van der Waals surface area contributed by atoms with Crippen LogP contribution >= 0.6 is 0 Å². The van der Waals surface area contributed by atoms with Crippen molar-refractivity contribution in [3.8, 4) is 5.75 Å². The van der Waals surface area contributed by atoms with Crippen LogP contribution in [0.4, 0.5) is 0 Å². The average Bonchev–Trinajstić information content (AvgIpc) is 2.59. The van der Waals surface area contributed by atoms with Gasteiger partial charge >= 0.3 is 0 Å². The zero-order valence-electron chi connectivity index (χ0n) is 16.6. The SMILES string of the molecule is COc1cccc(COCC(=O)NCC(C)(C)N2C[C@@H](C)O[C@@H](C)C2)c1. The van der Waals surface area contributed by atoms with Gasteiger partial charge in [0.1, 0.15) is 12.4 Å². The summed E-state index contributed by atoms with van der Waals surface area (Å²) < 4.78 is 16.5. The number of ether oxygens (including phenoxy) is 3. The van der Waals surface area contributed by atoms with Gasteiger partial charge < -0.3 is 19.5 Å². The summed E-state index contributed by atoms with van der Waals surface area (Å²) in [6.07, 6.45) is 0.417. The Morgan fingerprint density at radius 2 is 2.00 bits per heavy atom. The normalized spacial score (nSPS) is 21.4. The van der Waals surface area contributed by atoms with E-state index in [1.165, 1.54) is 0 Å². The number of hydrogen-bond donors (Lipinski definition) is 1. The Balaban J connectivity index is 1.73. The van der Waals surface area contributed by atoms with Crippen LogP contribution in [0.25, 0.3) is 0 Å². The van der Waals surface area contributed by atoms with Crippen LogP contribution in [0.2, 0.25) is 0 Å². The number of amides is 1. The van der Waals surface area contributed by atoms with Crippen LogP contribution in [0.3, 0.4) is 0 Å². The van der Waals surface area contributed by atoms with Crippen LogP contribution in [-0.4, -0.2) is 61.9 Å². The van der Waals surface area contributed by atoms with Gasteiger partial charge in [0.15, 0.2) is 0 Å². The molecule has 0 radical (unpaired) electrons. The highest BCUT2D eigenvalue weighted by Gasteiger charge is 2.33. The smallest absolute Gasteiger partial charge is 0.246 e. The van der Waals surface area contributed by atoms with E-state index in [4.69, 9.17) is 14.2 Å². The summed E-state index contributed by atoms with van der Waals surface area (Å²) in [6.45, 7) is 11.2. The van der Waals surface area contributed by atoms with Crippen molar-refractivity contribution < 1.29 is 19.0 Å². The van der Waals surface area contributed by atoms with Gasteiger partial charge in [0.25, 0.3) is 0 Å². The van der Waals surface area contributed by atoms with Crippen molar-refractivity contribution in [3.05, 3.63) is 29.8 Å². The molecule has 0 aliphatic carbocycles. The predicted molar refractivity (Wildman–Crippen MR) is 101 cm³/mol. The third kappa shape index (κ3) is 6.27. The molecule has 0 spiro atoms. The van der Waals surface area contributed by atoms with Crippen LogP contribution in [0.15, 0.2) is 24.3 Å². The van der Waals surface area contributed by atoms with Gasteiger partial charge in [-0.25, -0.2) is 0 Å². The lowest BCUT2D eigenvalue weighted by atomic mass is 10.00. The number of nitrogens with one attached hydrogen (secondary N) is 1. The maximum Gasteiger partial charge on any atom is 0.246 e. The van der Waals surface area contributed by atoms with Crippen molar-refractivity contribution >= 4 is 5.91 Å². The van der Waals surface area contributed by atoms with E-state index in [0.29, 0.717) is 13.2 Å². The van der Waals surface area contributed by atoms with Crippen LogP contribution in [0.5, 0.6) is 5.75 Å². The van der Waals surface area contributed by atoms with Gasteiger partial charge in [-0.1, -0.05) is 12.1 Å². The molecule has 0 unspecified atom stereocenters. The van der Waals surface area contributed by atoms with Gasteiger partial charge in [0.05, 0.1) is 25.9 Å². The standard InChI is InChI=1S/C20H32N2O4/c1-15-10-22(11-16(2)26-15)20(3,4)14-21-19(23)13-25-12-17-7-6-8-18(9-17)24-5/h6-9,15-16H,10-14H2,1-5H3,(H,21,23)/t15-,16+. The van der Waals surface area contributed by atoms with Crippen molar-refractivity contribution in [1.29, 1.82) is 0 Å². The minimum absolute atomic E-state index is 0.0448. The van der Waals surface area contributed by atoms with Crippen LogP contribution in [0.1, 0.15) is 33.3 Å². The summed E-state index contributed by atoms with van der Waals surface area (Å²) in [5.74, 6) is 0.682. The van der Waals surface area contributed by atoms with Crippen molar-refractivity contribution in [2.75, 3.05) is 33.4 Å². The van der Waals surface area contributed by atoms with Crippen LogP contribution in [0, 0.1) is 0 Å². The Morgan fingerprint density at radius 1 is 1.31 bits per heavy atom. The second kappa shape index (κ2) is 9.35. The first-order valence-corrected chi connectivity index (χ1v) is 9.18. The molecule has 1 N–H and O–H groups in total. The first kappa shape index (κ1) is 20.7. The molecule has 0 bridgehead atoms. The largest absolute Gasteiger partial charge is 0.497 e. The highest BCUT2D eigenvalue weighted by atomic mass is 16.5. The second-order valence-electron chi connectivity index (χ2n) is 7.60. The summed E-state index contributed by atoms with van der Waals surface area (Å²) in [5.41, 5.74) is 0.850. The van der Waals surface area contributed by atoms with Gasteiger partial charge in [-0.3, -0.25) is 9.69 Å². The number of morpholine rings is 1. The van der Waals surface area contributed by atoms with E-state index in [0.717, 1.165) is 24.4 Å². The van der Waals surface area contributed by atoms with E-state index in [2.05, 4.69) is 37.9 Å². The number of rotatable bonds is 8. The lowest BCUT2D eigenvalue weighted by molar-refractivity contribution is -0.127. The molecule has 146 valence electrons. The quantitative estimate of drug-likeness (QED) is 0.766. The Morgan fingerprint density at radius 3 is 2.65 bits per heavy atom. The molecule has 2 atom stereocenters. The molecule has 1 saturated heterocycles. The molecule has 0 aromatic heterocycles. The zero-order valence-corrected chi connectivity index (χ0v) is 16.6. The van der Waals surface area contributed by atoms with E-state index < -0.39 is 0 Å². The third-order valence-corrected chi connectivity index (χ3v) is 4.63. The summed E-state index contributed by atoms with van der Waals surface area (Å²) in [5, 5.41) is 2.99. The van der Waals surface area contributed by atoms with E-state index in [1.54, 1.807) is 7.11 Å². The topological polar surface area (TPSA) is 60.0 Å². The van der Waals surface area contributed by atoms with E-state index >= 15 is 0 Å². The fourth-order valence-corrected chi connectivity index (χ4v) is 3.17. The molecule has 1 aliphatic rings. The van der Waals surface area contributed by atoms with Crippen molar-refractivity contribution in [2.24, 2.45) is 0 Å².